The normalized spacial score (nSPS) is 12.2. The van der Waals surface area contributed by atoms with Crippen LogP contribution in [0.1, 0.15) is 24.4 Å². The number of methoxy groups -OCH3 is 1. The molecule has 8 heteroatoms. The van der Waals surface area contributed by atoms with E-state index in [0.717, 1.165) is 5.56 Å². The standard InChI is InChI=1S/C16H17BrN4O3/c1-3-23-10-5-4-9(8-12(10)22-2)14(18)16-19-15(20-21-16)11-6-7-13(17)24-11/h4-8,14H,3,18H2,1-2H3,(H,19,20,21)/t14-/m1/s1. The fourth-order valence-electron chi connectivity index (χ4n) is 2.27. The van der Waals surface area contributed by atoms with Crippen LogP contribution in [0.2, 0.25) is 0 Å². The molecule has 7 nitrogen and oxygen atoms in total. The van der Waals surface area contributed by atoms with Gasteiger partial charge in [0, 0.05) is 0 Å². The minimum Gasteiger partial charge on any atom is -0.493 e. The third-order valence-corrected chi connectivity index (χ3v) is 3.86. The van der Waals surface area contributed by atoms with Gasteiger partial charge in [0.2, 0.25) is 5.82 Å². The fourth-order valence-corrected chi connectivity index (χ4v) is 2.57. The first-order chi connectivity index (χ1) is 11.6. The fraction of sp³-hybridized carbons (Fsp3) is 0.250. The molecule has 0 bridgehead atoms. The van der Waals surface area contributed by atoms with E-state index in [1.807, 2.05) is 25.1 Å². The first-order valence-electron chi connectivity index (χ1n) is 7.36. The van der Waals surface area contributed by atoms with Gasteiger partial charge in [-0.05, 0) is 52.7 Å². The van der Waals surface area contributed by atoms with E-state index in [0.29, 0.717) is 40.2 Å². The van der Waals surface area contributed by atoms with Crippen LogP contribution in [0.25, 0.3) is 11.6 Å². The Morgan fingerprint density at radius 2 is 2.12 bits per heavy atom. The van der Waals surface area contributed by atoms with Crippen LogP contribution in [0.15, 0.2) is 39.4 Å². The lowest BCUT2D eigenvalue weighted by Gasteiger charge is -2.13. The molecule has 3 N–H and O–H groups in total. The summed E-state index contributed by atoms with van der Waals surface area (Å²) < 4.78 is 16.9. The van der Waals surface area contributed by atoms with Crippen LogP contribution in [0.4, 0.5) is 0 Å². The molecule has 1 aromatic carbocycles. The van der Waals surface area contributed by atoms with Crippen LogP contribution in [0.5, 0.6) is 11.5 Å². The van der Waals surface area contributed by atoms with Crippen molar-refractivity contribution in [2.45, 2.75) is 13.0 Å². The van der Waals surface area contributed by atoms with Crippen molar-refractivity contribution in [3.8, 4) is 23.1 Å². The largest absolute Gasteiger partial charge is 0.493 e. The molecule has 0 unspecified atom stereocenters. The number of hydrogen-bond donors (Lipinski definition) is 2. The predicted molar refractivity (Wildman–Crippen MR) is 92.0 cm³/mol. The number of nitrogens with zero attached hydrogens (tertiary/aromatic N) is 2. The van der Waals surface area contributed by atoms with E-state index < -0.39 is 6.04 Å². The van der Waals surface area contributed by atoms with Gasteiger partial charge in [0.1, 0.15) is 5.82 Å². The Morgan fingerprint density at radius 1 is 1.29 bits per heavy atom. The molecule has 0 radical (unpaired) electrons. The van der Waals surface area contributed by atoms with Crippen LogP contribution in [-0.2, 0) is 0 Å². The Hall–Kier alpha value is -2.32. The van der Waals surface area contributed by atoms with Gasteiger partial charge in [0.25, 0.3) is 0 Å². The van der Waals surface area contributed by atoms with Crippen LogP contribution < -0.4 is 15.2 Å². The Labute approximate surface area is 147 Å². The molecule has 2 aromatic heterocycles. The highest BCUT2D eigenvalue weighted by atomic mass is 79.9. The van der Waals surface area contributed by atoms with Gasteiger partial charge in [-0.15, -0.1) is 5.10 Å². The second kappa shape index (κ2) is 7.06. The maximum Gasteiger partial charge on any atom is 0.217 e. The number of halogens is 1. The second-order valence-corrected chi connectivity index (χ2v) is 5.75. The van der Waals surface area contributed by atoms with Gasteiger partial charge in [0.05, 0.1) is 19.8 Å². The molecule has 0 aliphatic rings. The van der Waals surface area contributed by atoms with Gasteiger partial charge in [-0.25, -0.2) is 4.98 Å². The summed E-state index contributed by atoms with van der Waals surface area (Å²) in [5.74, 6) is 2.84. The molecular weight excluding hydrogens is 376 g/mol. The van der Waals surface area contributed by atoms with Crippen molar-refractivity contribution < 1.29 is 13.9 Å². The van der Waals surface area contributed by atoms with E-state index in [2.05, 4.69) is 31.1 Å². The molecule has 126 valence electrons. The number of benzene rings is 1. The molecule has 3 rings (SSSR count). The lowest BCUT2D eigenvalue weighted by molar-refractivity contribution is 0.310. The minimum absolute atomic E-state index is 0.448. The SMILES string of the molecule is CCOc1ccc([C@@H](N)c2nc(-c3ccc(Br)o3)n[nH]2)cc1OC. The molecule has 0 amide bonds. The number of aromatic amines is 1. The first kappa shape index (κ1) is 16.5. The molecule has 0 saturated carbocycles. The van der Waals surface area contributed by atoms with Gasteiger partial charge < -0.3 is 19.6 Å². The van der Waals surface area contributed by atoms with Crippen LogP contribution in [-0.4, -0.2) is 28.9 Å². The van der Waals surface area contributed by atoms with E-state index in [-0.39, 0.29) is 0 Å². The van der Waals surface area contributed by atoms with Gasteiger partial charge in [-0.1, -0.05) is 6.07 Å². The Bertz CT molecular complexity index is 830. The first-order valence-corrected chi connectivity index (χ1v) is 8.16. The van der Waals surface area contributed by atoms with Crippen LogP contribution >= 0.6 is 15.9 Å². The highest BCUT2D eigenvalue weighted by Crippen LogP contribution is 2.31. The minimum atomic E-state index is -0.478. The number of furan rings is 1. The van der Waals surface area contributed by atoms with Crippen LogP contribution in [0.3, 0.4) is 0 Å². The number of ether oxygens (including phenoxy) is 2. The summed E-state index contributed by atoms with van der Waals surface area (Å²) in [6, 6.07) is 8.63. The molecule has 24 heavy (non-hydrogen) atoms. The van der Waals surface area contributed by atoms with E-state index in [1.165, 1.54) is 0 Å². The maximum absolute atomic E-state index is 6.29. The van der Waals surface area contributed by atoms with Crippen LogP contribution in [0, 0.1) is 0 Å². The third-order valence-electron chi connectivity index (χ3n) is 3.44. The van der Waals surface area contributed by atoms with Crippen molar-refractivity contribution >= 4 is 15.9 Å². The van der Waals surface area contributed by atoms with E-state index in [9.17, 15) is 0 Å². The zero-order valence-electron chi connectivity index (χ0n) is 13.2. The average Bonchev–Trinajstić information content (AvgIpc) is 3.23. The van der Waals surface area contributed by atoms with Crippen molar-refractivity contribution in [1.82, 2.24) is 15.2 Å². The summed E-state index contributed by atoms with van der Waals surface area (Å²) in [6.07, 6.45) is 0. The predicted octanol–water partition coefficient (Wildman–Crippen LogP) is 3.28. The zero-order valence-corrected chi connectivity index (χ0v) is 14.8. The molecule has 2 heterocycles. The summed E-state index contributed by atoms with van der Waals surface area (Å²) in [7, 11) is 1.59. The summed E-state index contributed by atoms with van der Waals surface area (Å²) >= 11 is 3.25. The maximum atomic E-state index is 6.29. The Morgan fingerprint density at radius 3 is 2.79 bits per heavy atom. The van der Waals surface area contributed by atoms with E-state index >= 15 is 0 Å². The smallest absolute Gasteiger partial charge is 0.217 e. The Kier molecular flexibility index (Phi) is 4.86. The van der Waals surface area contributed by atoms with Gasteiger partial charge >= 0.3 is 0 Å². The molecule has 0 fully saturated rings. The second-order valence-electron chi connectivity index (χ2n) is 4.97. The Balaban J connectivity index is 1.86. The topological polar surface area (TPSA) is 99.2 Å². The number of aromatic nitrogens is 3. The van der Waals surface area contributed by atoms with Gasteiger partial charge in [-0.3, -0.25) is 5.10 Å². The number of H-pyrrole nitrogens is 1. The van der Waals surface area contributed by atoms with Crippen molar-refractivity contribution in [1.29, 1.82) is 0 Å². The quantitative estimate of drug-likeness (QED) is 0.667. The van der Waals surface area contributed by atoms with Crippen molar-refractivity contribution in [2.24, 2.45) is 5.73 Å². The van der Waals surface area contributed by atoms with E-state index in [1.54, 1.807) is 19.2 Å². The highest BCUT2D eigenvalue weighted by Gasteiger charge is 2.18. The highest BCUT2D eigenvalue weighted by molar-refractivity contribution is 9.10. The monoisotopic (exact) mass is 392 g/mol. The molecule has 3 aromatic rings. The van der Waals surface area contributed by atoms with Crippen molar-refractivity contribution in [3.05, 3.63) is 46.4 Å². The molecule has 0 spiro atoms. The third kappa shape index (κ3) is 3.29. The van der Waals surface area contributed by atoms with Gasteiger partial charge in [0.15, 0.2) is 21.9 Å². The summed E-state index contributed by atoms with van der Waals surface area (Å²) in [4.78, 5) is 4.41. The molecule has 1 atom stereocenters. The summed E-state index contributed by atoms with van der Waals surface area (Å²) in [5.41, 5.74) is 7.12. The van der Waals surface area contributed by atoms with Crippen molar-refractivity contribution in [2.75, 3.05) is 13.7 Å². The number of rotatable bonds is 6. The molecule has 0 aliphatic heterocycles. The number of nitrogens with one attached hydrogen (secondary N) is 1. The molecule has 0 saturated heterocycles. The van der Waals surface area contributed by atoms with Gasteiger partial charge in [-0.2, -0.15) is 0 Å². The zero-order chi connectivity index (χ0) is 17.1. The summed E-state index contributed by atoms with van der Waals surface area (Å²) in [5, 5.41) is 7.00. The lowest BCUT2D eigenvalue weighted by atomic mass is 10.1. The van der Waals surface area contributed by atoms with E-state index in [4.69, 9.17) is 19.6 Å². The van der Waals surface area contributed by atoms with Crippen molar-refractivity contribution in [3.63, 3.8) is 0 Å². The number of nitrogens with two attached hydrogens (primary N) is 1. The average molecular weight is 393 g/mol. The molecular formula is C16H17BrN4O3. The lowest BCUT2D eigenvalue weighted by Crippen LogP contribution is -2.14. The molecule has 0 aliphatic carbocycles. The number of hydrogen-bond acceptors (Lipinski definition) is 6. The summed E-state index contributed by atoms with van der Waals surface area (Å²) in [6.45, 7) is 2.48.